The minimum atomic E-state index is -1.01. The van der Waals surface area contributed by atoms with E-state index in [-0.39, 0.29) is 13.2 Å². The molecule has 1 saturated heterocycles. The second-order valence-electron chi connectivity index (χ2n) is 5.39. The Labute approximate surface area is 141 Å². The maximum Gasteiger partial charge on any atom is 0.229 e. The van der Waals surface area contributed by atoms with Crippen molar-refractivity contribution in [2.75, 3.05) is 27.4 Å². The van der Waals surface area contributed by atoms with Gasteiger partial charge in [0.25, 0.3) is 0 Å². The van der Waals surface area contributed by atoms with Crippen LogP contribution in [-0.2, 0) is 14.2 Å². The number of hydrogen-bond acceptors (Lipinski definition) is 7. The smallest absolute Gasteiger partial charge is 0.229 e. The predicted molar refractivity (Wildman–Crippen MR) is 86.5 cm³/mol. The van der Waals surface area contributed by atoms with Crippen LogP contribution in [0.4, 0.5) is 0 Å². The van der Waals surface area contributed by atoms with Gasteiger partial charge in [0.05, 0.1) is 13.2 Å². The molecule has 0 aliphatic carbocycles. The van der Waals surface area contributed by atoms with Crippen LogP contribution < -0.4 is 4.74 Å². The maximum atomic E-state index is 10.4. The highest BCUT2D eigenvalue weighted by atomic mass is 16.7. The van der Waals surface area contributed by atoms with Gasteiger partial charge in [-0.15, -0.1) is 0 Å². The average molecular weight is 340 g/mol. The number of methoxy groups -OCH3 is 2. The Morgan fingerprint density at radius 3 is 2.54 bits per heavy atom. The third-order valence-electron chi connectivity index (χ3n) is 3.87. The molecule has 3 N–H and O–H groups in total. The first kappa shape index (κ1) is 18.9. The highest BCUT2D eigenvalue weighted by Gasteiger charge is 2.46. The van der Waals surface area contributed by atoms with Crippen molar-refractivity contribution in [1.29, 1.82) is 0 Å². The van der Waals surface area contributed by atoms with Crippen molar-refractivity contribution in [3.63, 3.8) is 0 Å². The minimum Gasteiger partial charge on any atom is -0.462 e. The number of hydrogen-bond donors (Lipinski definition) is 3. The summed E-state index contributed by atoms with van der Waals surface area (Å²) in [5, 5.41) is 28.7. The molecule has 5 atom stereocenters. The fraction of sp³-hybridized carbons (Fsp3) is 0.529. The van der Waals surface area contributed by atoms with Crippen LogP contribution in [0.1, 0.15) is 5.56 Å². The van der Waals surface area contributed by atoms with Gasteiger partial charge in [0, 0.05) is 14.2 Å². The lowest BCUT2D eigenvalue weighted by molar-refractivity contribution is -0.287. The number of benzene rings is 1. The molecule has 1 aromatic carbocycles. The van der Waals surface area contributed by atoms with Crippen LogP contribution in [-0.4, -0.2) is 73.5 Å². The molecule has 0 bridgehead atoms. The lowest BCUT2D eigenvalue weighted by atomic mass is 9.99. The van der Waals surface area contributed by atoms with Crippen LogP contribution in [0.3, 0.4) is 0 Å². The second-order valence-corrected chi connectivity index (χ2v) is 5.39. The first-order chi connectivity index (χ1) is 11.6. The summed E-state index contributed by atoms with van der Waals surface area (Å²) in [6.07, 6.45) is -0.733. The van der Waals surface area contributed by atoms with E-state index >= 15 is 0 Å². The van der Waals surface area contributed by atoms with Gasteiger partial charge in [0.2, 0.25) is 6.29 Å². The number of ether oxygens (including phenoxy) is 4. The Balaban J connectivity index is 2.16. The van der Waals surface area contributed by atoms with Crippen LogP contribution in [0.15, 0.2) is 30.3 Å². The zero-order chi connectivity index (χ0) is 17.5. The van der Waals surface area contributed by atoms with Crippen molar-refractivity contribution in [1.82, 2.24) is 0 Å². The third-order valence-corrected chi connectivity index (χ3v) is 3.87. The topological polar surface area (TPSA) is 97.6 Å². The van der Waals surface area contributed by atoms with Crippen molar-refractivity contribution in [2.24, 2.45) is 0 Å². The lowest BCUT2D eigenvalue weighted by Crippen LogP contribution is -2.61. The fourth-order valence-corrected chi connectivity index (χ4v) is 2.69. The minimum absolute atomic E-state index is 0.0502. The van der Waals surface area contributed by atoms with Gasteiger partial charge in [0.1, 0.15) is 30.2 Å². The SMILES string of the molecule is CO[C@@H]1[C@H](O)[C@@H](OC)[C@H](Oc2cccc(C=CCO)c2)O[C@@H]1CO. The largest absolute Gasteiger partial charge is 0.462 e. The van der Waals surface area contributed by atoms with Crippen molar-refractivity contribution in [2.45, 2.75) is 30.7 Å². The average Bonchev–Trinajstić information content (AvgIpc) is 2.60. The molecule has 24 heavy (non-hydrogen) atoms. The summed E-state index contributed by atoms with van der Waals surface area (Å²) in [5.41, 5.74) is 0.848. The maximum absolute atomic E-state index is 10.4. The molecule has 0 aromatic heterocycles. The first-order valence-electron chi connectivity index (χ1n) is 7.68. The van der Waals surface area contributed by atoms with E-state index in [1.807, 2.05) is 6.07 Å². The molecule has 1 heterocycles. The zero-order valence-electron chi connectivity index (χ0n) is 13.7. The molecule has 0 unspecified atom stereocenters. The molecule has 1 fully saturated rings. The molecule has 2 rings (SSSR count). The van der Waals surface area contributed by atoms with E-state index in [0.29, 0.717) is 5.75 Å². The van der Waals surface area contributed by atoms with E-state index in [9.17, 15) is 10.2 Å². The molecule has 0 radical (unpaired) electrons. The van der Waals surface area contributed by atoms with Gasteiger partial charge in [0.15, 0.2) is 0 Å². The molecule has 1 aliphatic rings. The van der Waals surface area contributed by atoms with Crippen molar-refractivity contribution in [3.05, 3.63) is 35.9 Å². The predicted octanol–water partition coefficient (Wildman–Crippen LogP) is 0.179. The van der Waals surface area contributed by atoms with Gasteiger partial charge >= 0.3 is 0 Å². The van der Waals surface area contributed by atoms with Crippen molar-refractivity contribution in [3.8, 4) is 5.75 Å². The zero-order valence-corrected chi connectivity index (χ0v) is 13.7. The second kappa shape index (κ2) is 9.12. The highest BCUT2D eigenvalue weighted by Crippen LogP contribution is 2.27. The fourth-order valence-electron chi connectivity index (χ4n) is 2.69. The molecule has 0 spiro atoms. The molecular formula is C17H24O7. The van der Waals surface area contributed by atoms with Crippen molar-refractivity contribution < 1.29 is 34.3 Å². The quantitative estimate of drug-likeness (QED) is 0.651. The molecule has 0 amide bonds. The number of rotatable bonds is 7. The summed E-state index contributed by atoms with van der Waals surface area (Å²) in [6, 6.07) is 7.18. The Kier molecular flexibility index (Phi) is 7.16. The van der Waals surface area contributed by atoms with E-state index < -0.39 is 30.7 Å². The number of aliphatic hydroxyl groups excluding tert-OH is 3. The van der Waals surface area contributed by atoms with E-state index in [2.05, 4.69) is 0 Å². The number of aliphatic hydroxyl groups is 3. The molecule has 1 aliphatic heterocycles. The Bertz CT molecular complexity index is 533. The van der Waals surface area contributed by atoms with Crippen molar-refractivity contribution >= 4 is 6.08 Å². The van der Waals surface area contributed by atoms with E-state index in [1.165, 1.54) is 14.2 Å². The lowest BCUT2D eigenvalue weighted by Gasteiger charge is -2.42. The van der Waals surface area contributed by atoms with Gasteiger partial charge in [-0.2, -0.15) is 0 Å². The van der Waals surface area contributed by atoms with Gasteiger partial charge in [-0.25, -0.2) is 0 Å². The van der Waals surface area contributed by atoms with E-state index in [1.54, 1.807) is 30.4 Å². The third kappa shape index (κ3) is 4.32. The summed E-state index contributed by atoms with van der Waals surface area (Å²) in [5.74, 6) is 0.516. The van der Waals surface area contributed by atoms with Crippen LogP contribution in [0, 0.1) is 0 Å². The van der Waals surface area contributed by atoms with Crippen LogP contribution >= 0.6 is 0 Å². The summed E-state index contributed by atoms with van der Waals surface area (Å²) in [7, 11) is 2.88. The van der Waals surface area contributed by atoms with Gasteiger partial charge in [-0.05, 0) is 17.7 Å². The summed E-state index contributed by atoms with van der Waals surface area (Å²) in [6.45, 7) is -0.365. The Morgan fingerprint density at radius 2 is 1.92 bits per heavy atom. The molecule has 7 heteroatoms. The van der Waals surface area contributed by atoms with E-state index in [0.717, 1.165) is 5.56 Å². The summed E-state index contributed by atoms with van der Waals surface area (Å²) < 4.78 is 22.0. The van der Waals surface area contributed by atoms with E-state index in [4.69, 9.17) is 24.1 Å². The summed E-state index contributed by atoms with van der Waals surface area (Å²) in [4.78, 5) is 0. The van der Waals surface area contributed by atoms with Gasteiger partial charge in [-0.3, -0.25) is 0 Å². The normalized spacial score (nSPS) is 30.6. The van der Waals surface area contributed by atoms with Gasteiger partial charge in [-0.1, -0.05) is 24.3 Å². The van der Waals surface area contributed by atoms with Crippen LogP contribution in [0.2, 0.25) is 0 Å². The molecular weight excluding hydrogens is 316 g/mol. The van der Waals surface area contributed by atoms with Gasteiger partial charge < -0.3 is 34.3 Å². The summed E-state index contributed by atoms with van der Waals surface area (Å²) >= 11 is 0. The Hall–Kier alpha value is -1.48. The van der Waals surface area contributed by atoms with Crippen LogP contribution in [0.5, 0.6) is 5.75 Å². The molecule has 1 aromatic rings. The highest BCUT2D eigenvalue weighted by molar-refractivity contribution is 5.51. The molecule has 0 saturated carbocycles. The first-order valence-corrected chi connectivity index (χ1v) is 7.68. The molecule has 134 valence electrons. The van der Waals surface area contributed by atoms with Crippen LogP contribution in [0.25, 0.3) is 6.08 Å². The standard InChI is InChI=1S/C17H24O7/c1-21-15-13(10-19)24-17(16(22-2)14(15)20)23-12-7-3-5-11(9-12)6-4-8-18/h3-7,9,13-20H,8,10H2,1-2H3/t13-,14+,15+,16-,17-/m1/s1. The molecule has 7 nitrogen and oxygen atoms in total. The monoisotopic (exact) mass is 340 g/mol. The Morgan fingerprint density at radius 1 is 1.17 bits per heavy atom.